The van der Waals surface area contributed by atoms with Gasteiger partial charge in [0.15, 0.2) is 0 Å². The molecule has 0 aliphatic rings. The number of pyridine rings is 1. The lowest BCUT2D eigenvalue weighted by molar-refractivity contribution is -0.384. The summed E-state index contributed by atoms with van der Waals surface area (Å²) in [6, 6.07) is 6.75. The normalized spacial score (nSPS) is 11.7. The second-order valence-electron chi connectivity index (χ2n) is 8.15. The van der Waals surface area contributed by atoms with Crippen molar-refractivity contribution in [1.82, 2.24) is 10.3 Å². The number of rotatable bonds is 8. The number of ether oxygens (including phenoxy) is 3. The molecule has 1 aromatic carbocycles. The van der Waals surface area contributed by atoms with Crippen molar-refractivity contribution in [2.45, 2.75) is 38.8 Å². The van der Waals surface area contributed by atoms with Crippen LogP contribution in [0.5, 0.6) is 5.88 Å². The number of anilines is 1. The third kappa shape index (κ3) is 7.19. The van der Waals surface area contributed by atoms with Gasteiger partial charge in [0.2, 0.25) is 5.88 Å². The van der Waals surface area contributed by atoms with Crippen LogP contribution in [0.2, 0.25) is 0 Å². The monoisotopic (exact) mass is 472 g/mol. The topological polar surface area (TPSA) is 142 Å². The molecule has 2 aromatic rings. The molecule has 11 nitrogen and oxygen atoms in total. The number of carbonyl (C=O) groups is 2. The SMILES string of the molecule is C=CCC(NC(=O)OC(C)(C)C)c1cc(-c2ccc(NC(=O)OC)cc2[N+](=O)[O-])cc(OC)n1. The molecular weight excluding hydrogens is 444 g/mol. The summed E-state index contributed by atoms with van der Waals surface area (Å²) >= 11 is 0. The van der Waals surface area contributed by atoms with E-state index in [-0.39, 0.29) is 22.8 Å². The zero-order chi connectivity index (χ0) is 25.5. The van der Waals surface area contributed by atoms with Gasteiger partial charge in [0.25, 0.3) is 5.69 Å². The molecule has 2 amide bonds. The van der Waals surface area contributed by atoms with Gasteiger partial charge in [0, 0.05) is 12.1 Å². The van der Waals surface area contributed by atoms with E-state index in [0.29, 0.717) is 17.7 Å². The van der Waals surface area contributed by atoms with Crippen LogP contribution in [0.3, 0.4) is 0 Å². The molecule has 1 heterocycles. The predicted molar refractivity (Wildman–Crippen MR) is 126 cm³/mol. The standard InChI is InChI=1S/C23H28N4O7/c1-7-8-17(26-22(29)34-23(2,3)4)18-11-14(12-20(25-18)32-5)16-10-9-15(24-21(28)33-6)13-19(16)27(30)31/h7,9-13,17H,1,8H2,2-6H3,(H,24,28)(H,26,29). The molecule has 0 bridgehead atoms. The summed E-state index contributed by atoms with van der Waals surface area (Å²) in [6.07, 6.45) is 0.534. The van der Waals surface area contributed by atoms with E-state index >= 15 is 0 Å². The van der Waals surface area contributed by atoms with Gasteiger partial charge in [-0.25, -0.2) is 14.6 Å². The van der Waals surface area contributed by atoms with Crippen LogP contribution in [0.15, 0.2) is 43.0 Å². The van der Waals surface area contributed by atoms with Crippen molar-refractivity contribution in [2.24, 2.45) is 0 Å². The summed E-state index contributed by atoms with van der Waals surface area (Å²) in [5.41, 5.74) is 0.325. The number of alkyl carbamates (subject to hydrolysis) is 1. The molecule has 2 rings (SSSR count). The van der Waals surface area contributed by atoms with E-state index in [9.17, 15) is 19.7 Å². The van der Waals surface area contributed by atoms with Crippen molar-refractivity contribution in [3.8, 4) is 17.0 Å². The van der Waals surface area contributed by atoms with Crippen LogP contribution >= 0.6 is 0 Å². The van der Waals surface area contributed by atoms with Crippen molar-refractivity contribution >= 4 is 23.6 Å². The molecule has 0 saturated carbocycles. The predicted octanol–water partition coefficient (Wildman–Crippen LogP) is 4.99. The van der Waals surface area contributed by atoms with Gasteiger partial charge >= 0.3 is 12.2 Å². The maximum Gasteiger partial charge on any atom is 0.411 e. The first-order chi connectivity index (χ1) is 16.0. The van der Waals surface area contributed by atoms with Crippen molar-refractivity contribution in [3.05, 3.63) is 58.8 Å². The van der Waals surface area contributed by atoms with E-state index in [0.717, 1.165) is 0 Å². The minimum absolute atomic E-state index is 0.193. The van der Waals surface area contributed by atoms with Crippen LogP contribution in [0.1, 0.15) is 38.9 Å². The summed E-state index contributed by atoms with van der Waals surface area (Å²) in [6.45, 7) is 8.96. The first kappa shape index (κ1) is 26.1. The smallest absolute Gasteiger partial charge is 0.411 e. The molecule has 2 N–H and O–H groups in total. The number of nitrogens with one attached hydrogen (secondary N) is 2. The molecule has 34 heavy (non-hydrogen) atoms. The zero-order valence-electron chi connectivity index (χ0n) is 19.7. The van der Waals surface area contributed by atoms with Gasteiger partial charge < -0.3 is 19.5 Å². The summed E-state index contributed by atoms with van der Waals surface area (Å²) in [7, 11) is 2.60. The number of hydrogen-bond donors (Lipinski definition) is 2. The molecule has 1 atom stereocenters. The minimum atomic E-state index is -0.754. The summed E-state index contributed by atoms with van der Waals surface area (Å²) in [4.78, 5) is 39.5. The van der Waals surface area contributed by atoms with Gasteiger partial charge in [-0.2, -0.15) is 0 Å². The molecule has 0 saturated heterocycles. The number of amides is 2. The van der Waals surface area contributed by atoms with Gasteiger partial charge in [-0.3, -0.25) is 15.4 Å². The van der Waals surface area contributed by atoms with Crippen LogP contribution in [-0.2, 0) is 9.47 Å². The van der Waals surface area contributed by atoms with E-state index in [4.69, 9.17) is 9.47 Å². The van der Waals surface area contributed by atoms with Gasteiger partial charge in [-0.1, -0.05) is 6.08 Å². The van der Waals surface area contributed by atoms with Crippen molar-refractivity contribution in [1.29, 1.82) is 0 Å². The fraction of sp³-hybridized carbons (Fsp3) is 0.348. The van der Waals surface area contributed by atoms with Crippen molar-refractivity contribution in [2.75, 3.05) is 19.5 Å². The molecule has 0 fully saturated rings. The van der Waals surface area contributed by atoms with E-state index in [2.05, 4.69) is 26.9 Å². The van der Waals surface area contributed by atoms with Gasteiger partial charge in [0.05, 0.1) is 42.1 Å². The highest BCUT2D eigenvalue weighted by Gasteiger charge is 2.24. The van der Waals surface area contributed by atoms with E-state index < -0.39 is 28.8 Å². The average Bonchev–Trinajstić information content (AvgIpc) is 2.77. The van der Waals surface area contributed by atoms with Crippen molar-refractivity contribution in [3.63, 3.8) is 0 Å². The Morgan fingerprint density at radius 3 is 2.47 bits per heavy atom. The van der Waals surface area contributed by atoms with Crippen LogP contribution < -0.4 is 15.4 Å². The molecule has 182 valence electrons. The lowest BCUT2D eigenvalue weighted by Crippen LogP contribution is -2.35. The Morgan fingerprint density at radius 1 is 1.21 bits per heavy atom. The fourth-order valence-electron chi connectivity index (χ4n) is 3.01. The second-order valence-corrected chi connectivity index (χ2v) is 8.15. The van der Waals surface area contributed by atoms with Crippen LogP contribution in [0, 0.1) is 10.1 Å². The van der Waals surface area contributed by atoms with Gasteiger partial charge in [-0.05, 0) is 51.0 Å². The largest absolute Gasteiger partial charge is 0.481 e. The third-order valence-corrected chi connectivity index (χ3v) is 4.42. The Bertz CT molecular complexity index is 1080. The molecule has 0 aliphatic heterocycles. The number of hydrogen-bond acceptors (Lipinski definition) is 8. The molecule has 0 aliphatic carbocycles. The maximum absolute atomic E-state index is 12.4. The zero-order valence-corrected chi connectivity index (χ0v) is 19.7. The number of carbonyl (C=O) groups excluding carboxylic acids is 2. The third-order valence-electron chi connectivity index (χ3n) is 4.42. The van der Waals surface area contributed by atoms with Crippen molar-refractivity contribution < 1.29 is 28.7 Å². The maximum atomic E-state index is 12.4. The average molecular weight is 472 g/mol. The van der Waals surface area contributed by atoms with E-state index in [1.165, 1.54) is 38.5 Å². The Kier molecular flexibility index (Phi) is 8.54. The van der Waals surface area contributed by atoms with E-state index in [1.54, 1.807) is 32.9 Å². The highest BCUT2D eigenvalue weighted by atomic mass is 16.6. The second kappa shape index (κ2) is 11.1. The number of nitro groups is 1. The summed E-state index contributed by atoms with van der Waals surface area (Å²) in [5.74, 6) is 0.193. The highest BCUT2D eigenvalue weighted by molar-refractivity contribution is 5.87. The molecule has 1 aromatic heterocycles. The van der Waals surface area contributed by atoms with Crippen LogP contribution in [0.25, 0.3) is 11.1 Å². The number of aromatic nitrogens is 1. The Morgan fingerprint density at radius 2 is 1.91 bits per heavy atom. The number of nitro benzene ring substituents is 1. The molecule has 0 radical (unpaired) electrons. The van der Waals surface area contributed by atoms with Gasteiger partial charge in [0.1, 0.15) is 5.60 Å². The summed E-state index contributed by atoms with van der Waals surface area (Å²) in [5, 5.41) is 16.9. The van der Waals surface area contributed by atoms with Gasteiger partial charge in [-0.15, -0.1) is 6.58 Å². The van der Waals surface area contributed by atoms with Crippen LogP contribution in [0.4, 0.5) is 21.0 Å². The Balaban J connectivity index is 2.53. The fourth-order valence-corrected chi connectivity index (χ4v) is 3.01. The Labute approximate surface area is 197 Å². The molecular formula is C23H28N4O7. The molecule has 11 heteroatoms. The lowest BCUT2D eigenvalue weighted by atomic mass is 10.0. The van der Waals surface area contributed by atoms with Crippen LogP contribution in [-0.4, -0.2) is 41.9 Å². The molecule has 1 unspecified atom stereocenters. The Hall–Kier alpha value is -4.15. The first-order valence-corrected chi connectivity index (χ1v) is 10.3. The number of nitrogens with zero attached hydrogens (tertiary/aromatic N) is 2. The number of methoxy groups -OCH3 is 2. The highest BCUT2D eigenvalue weighted by Crippen LogP contribution is 2.35. The summed E-state index contributed by atoms with van der Waals surface area (Å²) < 4.78 is 15.2. The van der Waals surface area contributed by atoms with E-state index in [1.807, 2.05) is 0 Å². The minimum Gasteiger partial charge on any atom is -0.481 e. The first-order valence-electron chi connectivity index (χ1n) is 10.3. The number of benzene rings is 1. The molecule has 0 spiro atoms. The quantitative estimate of drug-likeness (QED) is 0.311. The lowest BCUT2D eigenvalue weighted by Gasteiger charge is -2.23.